The number of nitrogens with one attached hydrogen (secondary N) is 2. The molecule has 1 amide bonds. The smallest absolute Gasteiger partial charge is 0.270 e. The van der Waals surface area contributed by atoms with Crippen molar-refractivity contribution in [1.82, 2.24) is 15.3 Å². The average Bonchev–Trinajstić information content (AvgIpc) is 2.61. The highest BCUT2D eigenvalue weighted by Gasteiger charge is 2.16. The molecule has 0 atom stereocenters. The Morgan fingerprint density at radius 3 is 2.64 bits per heavy atom. The van der Waals surface area contributed by atoms with Gasteiger partial charge in [-0.1, -0.05) is 43.5 Å². The Balaban J connectivity index is 1.66. The van der Waals surface area contributed by atoms with Crippen molar-refractivity contribution in [1.29, 1.82) is 0 Å². The lowest BCUT2D eigenvalue weighted by atomic mass is 9.96. The number of hydrogen-bond acceptors (Lipinski definition) is 4. The van der Waals surface area contributed by atoms with E-state index in [2.05, 4.69) is 20.6 Å². The van der Waals surface area contributed by atoms with E-state index in [1.54, 1.807) is 6.07 Å². The number of nitrogens with zero attached hydrogens (tertiary/aromatic N) is 2. The van der Waals surface area contributed by atoms with Crippen molar-refractivity contribution < 1.29 is 4.79 Å². The predicted molar refractivity (Wildman–Crippen MR) is 99.6 cm³/mol. The molecule has 0 aliphatic heterocycles. The van der Waals surface area contributed by atoms with Crippen LogP contribution in [0.4, 0.5) is 5.95 Å². The lowest BCUT2D eigenvalue weighted by Gasteiger charge is -2.23. The molecule has 5 nitrogen and oxygen atoms in total. The van der Waals surface area contributed by atoms with Crippen LogP contribution in [0.2, 0.25) is 0 Å². The molecule has 1 saturated carbocycles. The molecule has 0 unspecified atom stereocenters. The Hall–Kier alpha value is -2.43. The number of aryl methyl sites for hydroxylation is 2. The molecule has 0 bridgehead atoms. The van der Waals surface area contributed by atoms with Gasteiger partial charge in [-0.05, 0) is 43.9 Å². The summed E-state index contributed by atoms with van der Waals surface area (Å²) in [5.41, 5.74) is 3.50. The summed E-state index contributed by atoms with van der Waals surface area (Å²) in [5.74, 6) is 0.397. The number of aromatic nitrogens is 2. The molecule has 0 radical (unpaired) electrons. The molecule has 1 heterocycles. The van der Waals surface area contributed by atoms with E-state index in [1.165, 1.54) is 24.8 Å². The number of carbonyl (C=O) groups excluding carboxylic acids is 1. The molecule has 1 aromatic carbocycles. The van der Waals surface area contributed by atoms with Gasteiger partial charge in [-0.3, -0.25) is 4.79 Å². The first-order chi connectivity index (χ1) is 12.1. The normalized spacial score (nSPS) is 15.0. The summed E-state index contributed by atoms with van der Waals surface area (Å²) in [6.07, 6.45) is 6.08. The number of carbonyl (C=O) groups is 1. The van der Waals surface area contributed by atoms with Gasteiger partial charge in [0, 0.05) is 18.3 Å². The monoisotopic (exact) mass is 338 g/mol. The maximum Gasteiger partial charge on any atom is 0.270 e. The number of anilines is 1. The summed E-state index contributed by atoms with van der Waals surface area (Å²) in [7, 11) is 0. The van der Waals surface area contributed by atoms with E-state index < -0.39 is 0 Å². The van der Waals surface area contributed by atoms with Crippen molar-refractivity contribution in [2.75, 3.05) is 5.32 Å². The van der Waals surface area contributed by atoms with Gasteiger partial charge in [0.05, 0.1) is 0 Å². The van der Waals surface area contributed by atoms with E-state index in [4.69, 9.17) is 0 Å². The summed E-state index contributed by atoms with van der Waals surface area (Å²) in [6.45, 7) is 4.44. The maximum absolute atomic E-state index is 12.5. The molecule has 25 heavy (non-hydrogen) atoms. The van der Waals surface area contributed by atoms with Crippen molar-refractivity contribution in [3.8, 4) is 0 Å². The van der Waals surface area contributed by atoms with E-state index in [-0.39, 0.29) is 5.91 Å². The van der Waals surface area contributed by atoms with Gasteiger partial charge in [0.1, 0.15) is 5.69 Å². The highest BCUT2D eigenvalue weighted by Crippen LogP contribution is 2.20. The van der Waals surface area contributed by atoms with Crippen LogP contribution in [0.15, 0.2) is 30.3 Å². The fourth-order valence-electron chi connectivity index (χ4n) is 3.25. The van der Waals surface area contributed by atoms with E-state index in [0.29, 0.717) is 24.2 Å². The quantitative estimate of drug-likeness (QED) is 0.871. The van der Waals surface area contributed by atoms with Crippen LogP contribution in [-0.2, 0) is 6.54 Å². The zero-order valence-electron chi connectivity index (χ0n) is 15.0. The number of benzene rings is 1. The number of hydrogen-bond donors (Lipinski definition) is 2. The Kier molecular flexibility index (Phi) is 5.64. The zero-order chi connectivity index (χ0) is 17.6. The minimum atomic E-state index is -0.166. The van der Waals surface area contributed by atoms with Crippen molar-refractivity contribution in [3.63, 3.8) is 0 Å². The zero-order valence-corrected chi connectivity index (χ0v) is 15.0. The third-order valence-corrected chi connectivity index (χ3v) is 4.73. The van der Waals surface area contributed by atoms with Gasteiger partial charge >= 0.3 is 0 Å². The molecule has 132 valence electrons. The van der Waals surface area contributed by atoms with E-state index >= 15 is 0 Å². The van der Waals surface area contributed by atoms with Gasteiger partial charge in [0.2, 0.25) is 5.95 Å². The summed E-state index contributed by atoms with van der Waals surface area (Å²) in [5, 5.41) is 6.35. The average molecular weight is 338 g/mol. The van der Waals surface area contributed by atoms with Gasteiger partial charge in [-0.2, -0.15) is 0 Å². The fourth-order valence-corrected chi connectivity index (χ4v) is 3.25. The second-order valence-corrected chi connectivity index (χ2v) is 6.81. The summed E-state index contributed by atoms with van der Waals surface area (Å²) >= 11 is 0. The van der Waals surface area contributed by atoms with Crippen LogP contribution in [0.1, 0.15) is 59.4 Å². The standard InChI is InChI=1S/C20H26N4O/c1-14-8-6-7-9-16(14)13-21-19(25)18-12-15(2)22-20(24-18)23-17-10-4-3-5-11-17/h6-9,12,17H,3-5,10-11,13H2,1-2H3,(H,21,25)(H,22,23,24). The molecule has 1 aliphatic carbocycles. The van der Waals surface area contributed by atoms with Gasteiger partial charge < -0.3 is 10.6 Å². The highest BCUT2D eigenvalue weighted by atomic mass is 16.1. The second-order valence-electron chi connectivity index (χ2n) is 6.81. The summed E-state index contributed by atoms with van der Waals surface area (Å²) in [4.78, 5) is 21.4. The van der Waals surface area contributed by atoms with Crippen LogP contribution in [0.25, 0.3) is 0 Å². The van der Waals surface area contributed by atoms with Crippen molar-refractivity contribution >= 4 is 11.9 Å². The molecule has 2 aromatic rings. The molecular weight excluding hydrogens is 312 g/mol. The van der Waals surface area contributed by atoms with E-state index in [9.17, 15) is 4.79 Å². The largest absolute Gasteiger partial charge is 0.351 e. The minimum Gasteiger partial charge on any atom is -0.351 e. The second kappa shape index (κ2) is 8.10. The van der Waals surface area contributed by atoms with Crippen molar-refractivity contribution in [2.24, 2.45) is 0 Å². The van der Waals surface area contributed by atoms with Crippen molar-refractivity contribution in [2.45, 2.75) is 58.5 Å². The van der Waals surface area contributed by atoms with Crippen LogP contribution in [-0.4, -0.2) is 21.9 Å². The molecule has 1 fully saturated rings. The lowest BCUT2D eigenvalue weighted by molar-refractivity contribution is 0.0945. The topological polar surface area (TPSA) is 66.9 Å². The van der Waals surface area contributed by atoms with E-state index in [1.807, 2.05) is 38.1 Å². The SMILES string of the molecule is Cc1cc(C(=O)NCc2ccccc2C)nc(NC2CCCCC2)n1. The Bertz CT molecular complexity index is 738. The minimum absolute atomic E-state index is 0.166. The first kappa shape index (κ1) is 17.4. The van der Waals surface area contributed by atoms with Crippen LogP contribution in [0.3, 0.4) is 0 Å². The van der Waals surface area contributed by atoms with Gasteiger partial charge in [0.15, 0.2) is 0 Å². The van der Waals surface area contributed by atoms with Crippen molar-refractivity contribution in [3.05, 3.63) is 52.8 Å². The lowest BCUT2D eigenvalue weighted by Crippen LogP contribution is -2.27. The van der Waals surface area contributed by atoms with Gasteiger partial charge in [-0.15, -0.1) is 0 Å². The molecule has 1 aliphatic rings. The molecule has 5 heteroatoms. The number of amides is 1. The molecule has 0 spiro atoms. The molecule has 2 N–H and O–H groups in total. The fraction of sp³-hybridized carbons (Fsp3) is 0.450. The molecular formula is C20H26N4O. The maximum atomic E-state index is 12.5. The molecule has 1 aromatic heterocycles. The van der Waals surface area contributed by atoms with Gasteiger partial charge in [0.25, 0.3) is 5.91 Å². The highest BCUT2D eigenvalue weighted by molar-refractivity contribution is 5.92. The molecule has 3 rings (SSSR count). The third kappa shape index (κ3) is 4.78. The Labute approximate surface area is 149 Å². The first-order valence-electron chi connectivity index (χ1n) is 9.07. The number of rotatable bonds is 5. The van der Waals surface area contributed by atoms with Crippen LogP contribution in [0.5, 0.6) is 0 Å². The Morgan fingerprint density at radius 2 is 1.88 bits per heavy atom. The van der Waals surface area contributed by atoms with Gasteiger partial charge in [-0.25, -0.2) is 9.97 Å². The van der Waals surface area contributed by atoms with Crippen LogP contribution < -0.4 is 10.6 Å². The Morgan fingerprint density at radius 1 is 1.12 bits per heavy atom. The summed E-state index contributed by atoms with van der Waals surface area (Å²) in [6, 6.07) is 10.2. The van der Waals surface area contributed by atoms with Crippen LogP contribution >= 0.6 is 0 Å². The van der Waals surface area contributed by atoms with Crippen LogP contribution in [0, 0.1) is 13.8 Å². The summed E-state index contributed by atoms with van der Waals surface area (Å²) < 4.78 is 0. The third-order valence-electron chi connectivity index (χ3n) is 4.73. The predicted octanol–water partition coefficient (Wildman–Crippen LogP) is 3.77. The molecule has 0 saturated heterocycles. The first-order valence-corrected chi connectivity index (χ1v) is 9.07. The van der Waals surface area contributed by atoms with E-state index in [0.717, 1.165) is 24.1 Å².